The SMILES string of the molecule is COCCN1CCN(c2ccc3c(Oc4ccc(NC(=O)NCc5ccc(C(F)(F)F)nc5)cc4)ncnc3c2)CC1. The first-order valence-corrected chi connectivity index (χ1v) is 13.3. The van der Waals surface area contributed by atoms with Crippen LogP contribution in [-0.4, -0.2) is 72.3 Å². The van der Waals surface area contributed by atoms with Crippen molar-refractivity contribution < 1.29 is 27.4 Å². The van der Waals surface area contributed by atoms with Gasteiger partial charge >= 0.3 is 12.2 Å². The average Bonchev–Trinajstić information content (AvgIpc) is 3.00. The lowest BCUT2D eigenvalue weighted by Gasteiger charge is -2.36. The maximum atomic E-state index is 12.6. The molecule has 2 aromatic heterocycles. The van der Waals surface area contributed by atoms with E-state index in [0.717, 1.165) is 68.2 Å². The van der Waals surface area contributed by atoms with E-state index in [9.17, 15) is 18.0 Å². The lowest BCUT2D eigenvalue weighted by Crippen LogP contribution is -2.47. The van der Waals surface area contributed by atoms with E-state index in [2.05, 4.69) is 41.5 Å². The molecule has 42 heavy (non-hydrogen) atoms. The van der Waals surface area contributed by atoms with Crippen LogP contribution in [0.2, 0.25) is 0 Å². The van der Waals surface area contributed by atoms with E-state index in [-0.39, 0.29) is 6.54 Å². The number of hydrogen-bond donors (Lipinski definition) is 2. The van der Waals surface area contributed by atoms with Crippen molar-refractivity contribution in [2.24, 2.45) is 0 Å². The first kappa shape index (κ1) is 29.0. The van der Waals surface area contributed by atoms with Gasteiger partial charge in [-0.15, -0.1) is 0 Å². The van der Waals surface area contributed by atoms with E-state index >= 15 is 0 Å². The standard InChI is InChI=1S/C29H30F3N7O3/c1-41-15-14-38-10-12-39(13-11-38)22-5-8-24-25(16-22)35-19-36-27(24)42-23-6-3-21(4-7-23)37-28(40)34-18-20-2-9-26(33-17-20)29(30,31)32/h2-9,16-17,19H,10-15,18H2,1H3,(H2,34,37,40). The first-order chi connectivity index (χ1) is 20.3. The number of piperazine rings is 1. The molecule has 0 unspecified atom stereocenters. The lowest BCUT2D eigenvalue weighted by molar-refractivity contribution is -0.141. The Morgan fingerprint density at radius 1 is 0.976 bits per heavy atom. The smallest absolute Gasteiger partial charge is 0.433 e. The summed E-state index contributed by atoms with van der Waals surface area (Å²) in [5.41, 5.74) is 1.83. The summed E-state index contributed by atoms with van der Waals surface area (Å²) in [6.07, 6.45) is -1.96. The Hall–Kier alpha value is -4.49. The van der Waals surface area contributed by atoms with Gasteiger partial charge in [0, 0.05) is 63.9 Å². The van der Waals surface area contributed by atoms with Gasteiger partial charge in [-0.1, -0.05) is 6.07 Å². The Balaban J connectivity index is 1.15. The van der Waals surface area contributed by atoms with Crippen LogP contribution in [0.5, 0.6) is 11.6 Å². The summed E-state index contributed by atoms with van der Waals surface area (Å²) in [5, 5.41) is 6.04. The van der Waals surface area contributed by atoms with Crippen LogP contribution < -0.4 is 20.3 Å². The highest BCUT2D eigenvalue weighted by molar-refractivity contribution is 5.89. The molecule has 1 aliphatic heterocycles. The largest absolute Gasteiger partial charge is 0.438 e. The van der Waals surface area contributed by atoms with Gasteiger partial charge < -0.3 is 25.0 Å². The van der Waals surface area contributed by atoms with Crippen LogP contribution in [0.15, 0.2) is 67.1 Å². The summed E-state index contributed by atoms with van der Waals surface area (Å²) >= 11 is 0. The number of amides is 2. The number of pyridine rings is 1. The summed E-state index contributed by atoms with van der Waals surface area (Å²) in [6, 6.07) is 14.4. The minimum atomic E-state index is -4.51. The van der Waals surface area contributed by atoms with Crippen molar-refractivity contribution in [2.75, 3.05) is 56.7 Å². The number of urea groups is 1. The van der Waals surface area contributed by atoms with Gasteiger partial charge in [0.2, 0.25) is 5.88 Å². The lowest BCUT2D eigenvalue weighted by atomic mass is 10.2. The highest BCUT2D eigenvalue weighted by Gasteiger charge is 2.32. The number of alkyl halides is 3. The van der Waals surface area contributed by atoms with Crippen LogP contribution in [0.3, 0.4) is 0 Å². The summed E-state index contributed by atoms with van der Waals surface area (Å²) in [4.78, 5) is 29.1. The molecule has 2 amide bonds. The van der Waals surface area contributed by atoms with Crippen molar-refractivity contribution in [1.29, 1.82) is 0 Å². The normalized spacial score (nSPS) is 14.1. The Bertz CT molecular complexity index is 1490. The van der Waals surface area contributed by atoms with Crippen LogP contribution in [0, 0.1) is 0 Å². The topological polar surface area (TPSA) is 105 Å². The fourth-order valence-electron chi connectivity index (χ4n) is 4.52. The number of fused-ring (bicyclic) bond motifs is 1. The molecule has 0 aliphatic carbocycles. The highest BCUT2D eigenvalue weighted by Crippen LogP contribution is 2.30. The van der Waals surface area contributed by atoms with Gasteiger partial charge in [-0.05, 0) is 54.1 Å². The van der Waals surface area contributed by atoms with Crippen molar-refractivity contribution in [3.8, 4) is 11.6 Å². The third kappa shape index (κ3) is 7.42. The number of ether oxygens (including phenoxy) is 2. The summed E-state index contributed by atoms with van der Waals surface area (Å²) < 4.78 is 49.2. The zero-order valence-electron chi connectivity index (χ0n) is 22.9. The minimum absolute atomic E-state index is 0.0191. The number of aromatic nitrogens is 3. The molecule has 0 radical (unpaired) electrons. The van der Waals surface area contributed by atoms with Crippen molar-refractivity contribution in [2.45, 2.75) is 12.7 Å². The molecule has 0 atom stereocenters. The zero-order chi connectivity index (χ0) is 29.5. The fraction of sp³-hybridized carbons (Fsp3) is 0.310. The Labute approximate surface area is 240 Å². The summed E-state index contributed by atoms with van der Waals surface area (Å²) in [7, 11) is 1.72. The molecule has 1 aliphatic rings. The number of methoxy groups -OCH3 is 1. The molecular formula is C29H30F3N7O3. The molecule has 3 heterocycles. The second-order valence-corrected chi connectivity index (χ2v) is 9.69. The molecule has 0 saturated carbocycles. The molecule has 220 valence electrons. The third-order valence-corrected chi connectivity index (χ3v) is 6.83. The molecule has 13 heteroatoms. The Morgan fingerprint density at radius 2 is 1.76 bits per heavy atom. The van der Waals surface area contributed by atoms with Crippen LogP contribution in [0.1, 0.15) is 11.3 Å². The fourth-order valence-corrected chi connectivity index (χ4v) is 4.52. The molecule has 2 N–H and O–H groups in total. The molecule has 0 spiro atoms. The summed E-state index contributed by atoms with van der Waals surface area (Å²) in [5.74, 6) is 0.938. The second-order valence-electron chi connectivity index (χ2n) is 9.69. The van der Waals surface area contributed by atoms with Crippen molar-refractivity contribution >= 4 is 28.3 Å². The van der Waals surface area contributed by atoms with E-state index in [1.165, 1.54) is 12.4 Å². The Kier molecular flexibility index (Phi) is 8.98. The molecule has 4 aromatic rings. The maximum Gasteiger partial charge on any atom is 0.433 e. The van der Waals surface area contributed by atoms with Crippen LogP contribution in [0.25, 0.3) is 10.9 Å². The van der Waals surface area contributed by atoms with Crippen LogP contribution in [-0.2, 0) is 17.5 Å². The minimum Gasteiger partial charge on any atom is -0.438 e. The van der Waals surface area contributed by atoms with E-state index in [4.69, 9.17) is 9.47 Å². The van der Waals surface area contributed by atoms with Crippen LogP contribution in [0.4, 0.5) is 29.3 Å². The predicted molar refractivity (Wildman–Crippen MR) is 152 cm³/mol. The van der Waals surface area contributed by atoms with E-state index in [1.807, 2.05) is 12.1 Å². The van der Waals surface area contributed by atoms with Gasteiger partial charge in [0.25, 0.3) is 0 Å². The van der Waals surface area contributed by atoms with Gasteiger partial charge in [-0.25, -0.2) is 14.8 Å². The quantitative estimate of drug-likeness (QED) is 0.287. The first-order valence-electron chi connectivity index (χ1n) is 13.3. The molecule has 1 saturated heterocycles. The number of benzene rings is 2. The number of rotatable bonds is 9. The third-order valence-electron chi connectivity index (χ3n) is 6.83. The number of carbonyl (C=O) groups excluding carboxylic acids is 1. The molecule has 1 fully saturated rings. The van der Waals surface area contributed by atoms with Gasteiger partial charge in [-0.3, -0.25) is 9.88 Å². The number of anilines is 2. The van der Waals surface area contributed by atoms with Crippen molar-refractivity contribution in [3.05, 3.63) is 78.4 Å². The van der Waals surface area contributed by atoms with E-state index in [1.54, 1.807) is 31.4 Å². The number of halogens is 3. The van der Waals surface area contributed by atoms with Crippen molar-refractivity contribution in [3.63, 3.8) is 0 Å². The number of nitrogens with one attached hydrogen (secondary N) is 2. The molecule has 10 nitrogen and oxygen atoms in total. The molecular weight excluding hydrogens is 551 g/mol. The van der Waals surface area contributed by atoms with E-state index in [0.29, 0.717) is 22.9 Å². The summed E-state index contributed by atoms with van der Waals surface area (Å²) in [6.45, 7) is 5.49. The predicted octanol–water partition coefficient (Wildman–Crippen LogP) is 4.93. The van der Waals surface area contributed by atoms with Gasteiger partial charge in [0.1, 0.15) is 17.8 Å². The van der Waals surface area contributed by atoms with Gasteiger partial charge in [0.15, 0.2) is 0 Å². The number of nitrogens with zero attached hydrogens (tertiary/aromatic N) is 5. The van der Waals surface area contributed by atoms with Crippen molar-refractivity contribution in [1.82, 2.24) is 25.2 Å². The monoisotopic (exact) mass is 581 g/mol. The molecule has 5 rings (SSSR count). The Morgan fingerprint density at radius 3 is 2.45 bits per heavy atom. The number of carbonyl (C=O) groups is 1. The molecule has 0 bridgehead atoms. The molecule has 2 aromatic carbocycles. The van der Waals surface area contributed by atoms with E-state index < -0.39 is 17.9 Å². The van der Waals surface area contributed by atoms with Gasteiger partial charge in [0.05, 0.1) is 17.5 Å². The van der Waals surface area contributed by atoms with Crippen LogP contribution >= 0.6 is 0 Å². The second kappa shape index (κ2) is 13.0. The van der Waals surface area contributed by atoms with Gasteiger partial charge in [-0.2, -0.15) is 13.2 Å². The maximum absolute atomic E-state index is 12.6. The number of hydrogen-bond acceptors (Lipinski definition) is 8. The highest BCUT2D eigenvalue weighted by atomic mass is 19.4. The zero-order valence-corrected chi connectivity index (χ0v) is 22.9. The average molecular weight is 582 g/mol.